The molecule has 3 aromatic rings. The van der Waals surface area contributed by atoms with Crippen LogP contribution in [0.15, 0.2) is 70.7 Å². The zero-order valence-electron chi connectivity index (χ0n) is 21.5. The summed E-state index contributed by atoms with van der Waals surface area (Å²) >= 11 is 9.23. The lowest BCUT2D eigenvalue weighted by Crippen LogP contribution is -2.54. The van der Waals surface area contributed by atoms with Crippen molar-refractivity contribution in [2.45, 2.75) is 0 Å². The van der Waals surface area contributed by atoms with Crippen molar-refractivity contribution in [3.05, 3.63) is 86.9 Å². The lowest BCUT2D eigenvalue weighted by Gasteiger charge is -2.26. The smallest absolute Gasteiger partial charge is 0.337 e. The number of halogens is 2. The van der Waals surface area contributed by atoms with Crippen molar-refractivity contribution in [2.24, 2.45) is 0 Å². The lowest BCUT2D eigenvalue weighted by atomic mass is 10.1. The number of esters is 1. The van der Waals surface area contributed by atoms with Gasteiger partial charge in [-0.2, -0.15) is 0 Å². The van der Waals surface area contributed by atoms with E-state index in [0.29, 0.717) is 20.7 Å². The minimum absolute atomic E-state index is 0.137. The summed E-state index contributed by atoms with van der Waals surface area (Å²) in [5.41, 5.74) is 0.929. The number of anilines is 2. The number of benzene rings is 3. The Morgan fingerprint density at radius 1 is 1.02 bits per heavy atom. The van der Waals surface area contributed by atoms with Crippen molar-refractivity contribution >= 4 is 74.7 Å². The van der Waals surface area contributed by atoms with Crippen molar-refractivity contribution in [1.82, 2.24) is 5.32 Å². The molecule has 11 nitrogen and oxygen atoms in total. The summed E-state index contributed by atoms with van der Waals surface area (Å²) in [6, 6.07) is 14.2. The Kier molecular flexibility index (Phi) is 9.05. The monoisotopic (exact) mass is 641 g/mol. The molecule has 1 saturated heterocycles. The minimum Gasteiger partial charge on any atom is -0.493 e. The predicted octanol–water partition coefficient (Wildman–Crippen LogP) is 4.58. The number of hydrogen-bond donors (Lipinski definition) is 2. The van der Waals surface area contributed by atoms with Crippen LogP contribution < -0.4 is 25.0 Å². The first-order valence-corrected chi connectivity index (χ1v) is 12.9. The standard InChI is InChI=1S/C28H21BrClN3O8/c1-39-22-13-15(12-21(29)24(22)41-14-23(34)31-18-7-5-17(30)6-8-18)11-20-25(35)32-28(38)33(26(20)36)19-9-3-16(4-10-19)27(37)40-2/h3-13H,14H2,1-2H3,(H,31,34)(H,32,35,38)/b20-11+. The maximum Gasteiger partial charge on any atom is 0.337 e. The van der Waals surface area contributed by atoms with Gasteiger partial charge >= 0.3 is 12.0 Å². The molecule has 1 aliphatic rings. The molecule has 41 heavy (non-hydrogen) atoms. The molecule has 1 fully saturated rings. The van der Waals surface area contributed by atoms with Gasteiger partial charge < -0.3 is 19.5 Å². The number of ether oxygens (including phenoxy) is 3. The SMILES string of the molecule is COC(=O)c1ccc(N2C(=O)NC(=O)/C(=C\c3cc(Br)c(OCC(=O)Nc4ccc(Cl)cc4)c(OC)c3)C2=O)cc1. The van der Waals surface area contributed by atoms with Gasteiger partial charge in [0.2, 0.25) is 0 Å². The number of carbonyl (C=O) groups is 5. The number of urea groups is 1. The third kappa shape index (κ3) is 6.73. The molecule has 5 amide bonds. The molecule has 0 aromatic heterocycles. The van der Waals surface area contributed by atoms with E-state index in [-0.39, 0.29) is 34.9 Å². The third-order valence-corrected chi connectivity index (χ3v) is 6.53. The van der Waals surface area contributed by atoms with Gasteiger partial charge in [0.25, 0.3) is 17.7 Å². The molecule has 0 unspecified atom stereocenters. The number of methoxy groups -OCH3 is 2. The first-order chi connectivity index (χ1) is 19.6. The highest BCUT2D eigenvalue weighted by atomic mass is 79.9. The molecule has 0 atom stereocenters. The topological polar surface area (TPSA) is 140 Å². The first-order valence-electron chi connectivity index (χ1n) is 11.8. The van der Waals surface area contributed by atoms with Crippen molar-refractivity contribution in [1.29, 1.82) is 0 Å². The molecule has 3 aromatic carbocycles. The number of rotatable bonds is 8. The molecule has 0 aliphatic carbocycles. The van der Waals surface area contributed by atoms with Crippen molar-refractivity contribution in [3.8, 4) is 11.5 Å². The Morgan fingerprint density at radius 2 is 1.71 bits per heavy atom. The second-order valence-corrected chi connectivity index (χ2v) is 9.66. The van der Waals surface area contributed by atoms with E-state index in [1.54, 1.807) is 30.3 Å². The molecule has 0 saturated carbocycles. The largest absolute Gasteiger partial charge is 0.493 e. The number of nitrogens with one attached hydrogen (secondary N) is 2. The zero-order chi connectivity index (χ0) is 29.7. The number of amides is 5. The van der Waals surface area contributed by atoms with E-state index in [1.807, 2.05) is 0 Å². The van der Waals surface area contributed by atoms with Crippen LogP contribution in [-0.2, 0) is 19.1 Å². The summed E-state index contributed by atoms with van der Waals surface area (Å²) in [6.07, 6.45) is 1.28. The molecule has 1 aliphatic heterocycles. The van der Waals surface area contributed by atoms with Gasteiger partial charge in [-0.1, -0.05) is 11.6 Å². The molecule has 210 valence electrons. The number of nitrogens with zero attached hydrogens (tertiary/aromatic N) is 1. The third-order valence-electron chi connectivity index (χ3n) is 5.69. The summed E-state index contributed by atoms with van der Waals surface area (Å²) in [7, 11) is 2.61. The summed E-state index contributed by atoms with van der Waals surface area (Å²) < 4.78 is 16.1. The van der Waals surface area contributed by atoms with Gasteiger partial charge in [0.15, 0.2) is 18.1 Å². The molecule has 0 radical (unpaired) electrons. The summed E-state index contributed by atoms with van der Waals surface area (Å²) in [6.45, 7) is -0.343. The molecule has 4 rings (SSSR count). The maximum absolute atomic E-state index is 13.2. The summed E-state index contributed by atoms with van der Waals surface area (Å²) in [5, 5.41) is 5.35. The van der Waals surface area contributed by atoms with Gasteiger partial charge in [0, 0.05) is 10.7 Å². The van der Waals surface area contributed by atoms with Gasteiger partial charge in [0.05, 0.1) is 29.9 Å². The van der Waals surface area contributed by atoms with E-state index in [1.165, 1.54) is 50.6 Å². The summed E-state index contributed by atoms with van der Waals surface area (Å²) in [4.78, 5) is 63.2. The van der Waals surface area contributed by atoms with Crippen LogP contribution in [0.1, 0.15) is 15.9 Å². The van der Waals surface area contributed by atoms with Gasteiger partial charge in [0.1, 0.15) is 5.57 Å². The first kappa shape index (κ1) is 29.3. The number of imide groups is 2. The number of barbiturate groups is 1. The molecular formula is C28H21BrClN3O8. The van der Waals surface area contributed by atoms with Crippen molar-refractivity contribution < 1.29 is 38.2 Å². The molecule has 1 heterocycles. The highest BCUT2D eigenvalue weighted by Crippen LogP contribution is 2.37. The Morgan fingerprint density at radius 3 is 2.34 bits per heavy atom. The lowest BCUT2D eigenvalue weighted by molar-refractivity contribution is -0.122. The van der Waals surface area contributed by atoms with E-state index >= 15 is 0 Å². The average molecular weight is 643 g/mol. The van der Waals surface area contributed by atoms with Crippen LogP contribution in [0.2, 0.25) is 5.02 Å². The van der Waals surface area contributed by atoms with Gasteiger partial charge in [-0.15, -0.1) is 0 Å². The number of hydrogen-bond acceptors (Lipinski definition) is 8. The molecule has 2 N–H and O–H groups in total. The zero-order valence-corrected chi connectivity index (χ0v) is 23.9. The highest BCUT2D eigenvalue weighted by molar-refractivity contribution is 9.10. The van der Waals surface area contributed by atoms with Gasteiger partial charge in [-0.3, -0.25) is 19.7 Å². The van der Waals surface area contributed by atoms with Crippen LogP contribution in [0, 0.1) is 0 Å². The quantitative estimate of drug-likeness (QED) is 0.207. The van der Waals surface area contributed by atoms with Crippen LogP contribution in [0.4, 0.5) is 16.2 Å². The van der Waals surface area contributed by atoms with E-state index < -0.39 is 29.7 Å². The van der Waals surface area contributed by atoms with Gasteiger partial charge in [-0.25, -0.2) is 14.5 Å². The second kappa shape index (κ2) is 12.7. The van der Waals surface area contributed by atoms with Crippen LogP contribution in [0.3, 0.4) is 0 Å². The number of carbonyl (C=O) groups excluding carboxylic acids is 5. The second-order valence-electron chi connectivity index (χ2n) is 8.37. The summed E-state index contributed by atoms with van der Waals surface area (Å²) in [5.74, 6) is -2.36. The Balaban J connectivity index is 1.54. The average Bonchev–Trinajstić information content (AvgIpc) is 2.95. The van der Waals surface area contributed by atoms with E-state index in [9.17, 15) is 24.0 Å². The Labute approximate surface area is 247 Å². The van der Waals surface area contributed by atoms with Crippen LogP contribution >= 0.6 is 27.5 Å². The highest BCUT2D eigenvalue weighted by Gasteiger charge is 2.37. The van der Waals surface area contributed by atoms with Crippen molar-refractivity contribution in [3.63, 3.8) is 0 Å². The Bertz CT molecular complexity index is 1570. The molecular weight excluding hydrogens is 622 g/mol. The van der Waals surface area contributed by atoms with Crippen LogP contribution in [0.5, 0.6) is 11.5 Å². The van der Waals surface area contributed by atoms with E-state index in [2.05, 4.69) is 31.3 Å². The minimum atomic E-state index is -0.942. The predicted molar refractivity (Wildman–Crippen MR) is 153 cm³/mol. The van der Waals surface area contributed by atoms with Crippen molar-refractivity contribution in [2.75, 3.05) is 31.0 Å². The fourth-order valence-electron chi connectivity index (χ4n) is 3.75. The maximum atomic E-state index is 13.2. The van der Waals surface area contributed by atoms with E-state index in [0.717, 1.165) is 4.90 Å². The fourth-order valence-corrected chi connectivity index (χ4v) is 4.45. The van der Waals surface area contributed by atoms with Crippen LogP contribution in [0.25, 0.3) is 6.08 Å². The molecule has 0 bridgehead atoms. The Hall–Kier alpha value is -4.68. The normalized spacial score (nSPS) is 14.0. The van der Waals surface area contributed by atoms with Crippen LogP contribution in [-0.4, -0.2) is 50.5 Å². The molecule has 0 spiro atoms. The fraction of sp³-hybridized carbons (Fsp3) is 0.107. The molecule has 13 heteroatoms. The van der Waals surface area contributed by atoms with E-state index in [4.69, 9.17) is 21.1 Å². The van der Waals surface area contributed by atoms with Gasteiger partial charge in [-0.05, 0) is 88.2 Å².